The van der Waals surface area contributed by atoms with Gasteiger partial charge in [0.25, 0.3) is 0 Å². The van der Waals surface area contributed by atoms with Crippen LogP contribution in [0, 0.1) is 0 Å². The van der Waals surface area contributed by atoms with E-state index in [1.807, 2.05) is 98.7 Å². The Bertz CT molecular complexity index is 6060. The number of primary sulfonamides is 4. The van der Waals surface area contributed by atoms with Gasteiger partial charge in [-0.2, -0.15) is 19.9 Å². The first-order valence-corrected chi connectivity index (χ1v) is 55.3. The average Bonchev–Trinajstić information content (AvgIpc) is 1.14. The van der Waals surface area contributed by atoms with Gasteiger partial charge in [0.15, 0.2) is 24.7 Å². The van der Waals surface area contributed by atoms with Gasteiger partial charge in [-0.1, -0.05) is 108 Å². The Morgan fingerprint density at radius 2 is 0.814 bits per heavy atom. The summed E-state index contributed by atoms with van der Waals surface area (Å²) >= 11 is 17.0. The van der Waals surface area contributed by atoms with Gasteiger partial charge in [0.05, 0.1) is 78.8 Å². The first-order valence-electron chi connectivity index (χ1n) is 45.0. The van der Waals surface area contributed by atoms with Gasteiger partial charge in [-0.15, -0.1) is 0 Å². The van der Waals surface area contributed by atoms with Gasteiger partial charge in [0.2, 0.25) is 63.9 Å². The Morgan fingerprint density at radius 3 is 1.14 bits per heavy atom. The van der Waals surface area contributed by atoms with Crippen molar-refractivity contribution >= 4 is 209 Å². The topological polar surface area (TPSA) is 652 Å². The smallest absolute Gasteiger partial charge is 1.00 e. The number of ketones is 1. The third-order valence-electron chi connectivity index (χ3n) is 19.6. The number of alkyl halides is 1. The van der Waals surface area contributed by atoms with Gasteiger partial charge < -0.3 is 93.7 Å². The predicted molar refractivity (Wildman–Crippen MR) is 582 cm³/mol. The van der Waals surface area contributed by atoms with Crippen LogP contribution in [0.1, 0.15) is 146 Å². The number of anilines is 12. The molecule has 1 saturated carbocycles. The average molecular weight is 2420 g/mol. The summed E-state index contributed by atoms with van der Waals surface area (Å²) in [6.45, 7) is 29.6. The number of carbonyl (C=O) groups excluding carboxylic acids is 1. The van der Waals surface area contributed by atoms with Crippen LogP contribution in [-0.4, -0.2) is 216 Å². The fourth-order valence-electron chi connectivity index (χ4n) is 11.6. The first kappa shape index (κ1) is 130. The molecule has 0 amide bonds. The van der Waals surface area contributed by atoms with Gasteiger partial charge in [-0.05, 0) is 273 Å². The molecule has 54 heteroatoms. The van der Waals surface area contributed by atoms with Crippen LogP contribution in [0.5, 0.6) is 0 Å². The largest absolute Gasteiger partial charge is 1.00 e. The number of Topliss-reactive ketones (excluding diaryl/α,β-unsaturated/α-hetero) is 1. The van der Waals surface area contributed by atoms with Crippen molar-refractivity contribution in [3.63, 3.8) is 0 Å². The number of oxime groups is 1. The van der Waals surface area contributed by atoms with E-state index in [0.717, 1.165) is 22.9 Å². The summed E-state index contributed by atoms with van der Waals surface area (Å²) in [6.07, 6.45) is 10.0. The summed E-state index contributed by atoms with van der Waals surface area (Å²) < 4.78 is 125. The van der Waals surface area contributed by atoms with Crippen LogP contribution in [0.3, 0.4) is 0 Å². The number of halogens is 5. The maximum Gasteiger partial charge on any atom is 1.00 e. The molecule has 43 nitrogen and oxygen atoms in total. The summed E-state index contributed by atoms with van der Waals surface area (Å²) in [4.78, 5) is 49.7. The number of carbonyl (C=O) groups is 1. The molecule has 11 rings (SSSR count). The van der Waals surface area contributed by atoms with Crippen LogP contribution in [0.25, 0.3) is 10.4 Å². The number of azide groups is 1. The van der Waals surface area contributed by atoms with Crippen LogP contribution in [0.4, 0.5) is 69.8 Å². The van der Waals surface area contributed by atoms with Gasteiger partial charge in [-0.3, -0.25) is 4.79 Å². The van der Waals surface area contributed by atoms with Crippen molar-refractivity contribution in [2.45, 2.75) is 208 Å². The molecule has 1 fully saturated rings. The van der Waals surface area contributed by atoms with E-state index in [2.05, 4.69) is 203 Å². The van der Waals surface area contributed by atoms with E-state index in [0.29, 0.717) is 152 Å². The van der Waals surface area contributed by atoms with Crippen molar-refractivity contribution in [3.8, 4) is 0 Å². The Kier molecular flexibility index (Phi) is 61.2. The van der Waals surface area contributed by atoms with Crippen LogP contribution >= 0.6 is 79.6 Å². The molecular weight excluding hydrogens is 2290 g/mol. The van der Waals surface area contributed by atoms with Gasteiger partial charge in [0.1, 0.15) is 23.3 Å². The van der Waals surface area contributed by atoms with Crippen molar-refractivity contribution in [1.29, 1.82) is 0 Å². The number of sulfonamides is 4. The molecule has 0 aliphatic heterocycles. The first-order chi connectivity index (χ1) is 67.9. The monoisotopic (exact) mass is 2410 g/mol. The van der Waals surface area contributed by atoms with Crippen molar-refractivity contribution in [3.05, 3.63) is 222 Å². The Labute approximate surface area is 916 Å². The molecule has 787 valence electrons. The third-order valence-corrected chi connectivity index (χ3v) is 26.8. The van der Waals surface area contributed by atoms with Crippen molar-refractivity contribution in [1.82, 2.24) is 45.2 Å². The predicted octanol–water partition coefficient (Wildman–Crippen LogP) is 13.4. The molecule has 0 spiro atoms. The summed E-state index contributed by atoms with van der Waals surface area (Å²) in [6, 6.07) is 42.7. The fraction of sp³-hybridized carbons (Fsp3) is 0.407. The number of hydrogen-bond donors (Lipinski definition) is 16. The number of nitrogens with one attached hydrogen (secondary N) is 9. The summed E-state index contributed by atoms with van der Waals surface area (Å²) in [5.41, 5.74) is 18.4. The maximum atomic E-state index is 12.2. The quantitative estimate of drug-likeness (QED) is 0.00161. The van der Waals surface area contributed by atoms with Gasteiger partial charge in [0, 0.05) is 131 Å². The second kappa shape index (κ2) is 68.0. The standard InChI is InChI=1S/C18H18BrN5O3S.C18H16BrN5O3S.C17H23BrN6O2S.C14H17BrN6O3S.C8H17BrO2.C8H17N3O2.C8H19NO2.B.Na.H/c2*19-15-10-22-18(23-13-6-8-14(9-7-13)28(20,26)27)24-17(15)21-11-16(25)12-4-2-1-3-5-12;1-10(21-12-3-4-12)11(2)22-16-15(18)9-20-17(24-16)23-13-5-7-14(8-6-13)27(19,25)26;1-8(9(2)21-22)18-13-12(15)7-17-14(20-13)19-10-3-5-11(6-4-10)25(16,23)24;1-4-7(9)8(10-5-2)11-6-3;1-4-7(10-11-9)8(12-5-2)13-6-3;1-4-7(9)8(10-5-2)11-6-3;;;/h1-10,16,25H,11H2,(H2,20,26,27)(H2,21,22,23,24);1-10H,11H2,(H2,20,26,27)(H2,21,22,23,24);5-12,21H,3-4H2,1-2H3,(H2,19,25,26)(H2,20,22,23,24);3-8,22H,1-2H3,(H2,16,23,24)(H2,17,18,19,20);7-8H,4-6H2,1-3H3;7-8H,4-6H2,1-3H3;7-8H,4-6,9H2,1-3H3;;;/q;;;;;;;;+1;-1. The number of aromatic nitrogens is 8. The van der Waals surface area contributed by atoms with Crippen LogP contribution in [-0.2, 0) is 68.5 Å². The molecule has 6 aromatic carbocycles. The molecule has 1 aliphatic rings. The van der Waals surface area contributed by atoms with Crippen LogP contribution in [0.15, 0.2) is 230 Å². The van der Waals surface area contributed by atoms with E-state index < -0.39 is 52.5 Å². The number of aliphatic hydroxyl groups excluding tert-OH is 1. The summed E-state index contributed by atoms with van der Waals surface area (Å²) in [7, 11) is -14.9. The zero-order valence-electron chi connectivity index (χ0n) is 83.7. The Balaban J connectivity index is 0.000000591. The second-order valence-electron chi connectivity index (χ2n) is 30.6. The molecule has 10 aromatic rings. The number of nitrogens with two attached hydrogens (primary N) is 5. The molecule has 4 aromatic heterocycles. The minimum Gasteiger partial charge on any atom is -1.00 e. The van der Waals surface area contributed by atoms with E-state index >= 15 is 0 Å². The van der Waals surface area contributed by atoms with Crippen molar-refractivity contribution < 1.29 is 108 Å². The van der Waals surface area contributed by atoms with Crippen molar-refractivity contribution in [2.24, 2.45) is 36.6 Å². The molecule has 0 saturated heterocycles. The van der Waals surface area contributed by atoms with E-state index in [-0.39, 0.29) is 121 Å². The van der Waals surface area contributed by atoms with Gasteiger partial charge >= 0.3 is 29.6 Å². The molecule has 7 atom stereocenters. The molecule has 145 heavy (non-hydrogen) atoms. The number of nitrogens with zero attached hydrogens (tertiary/aromatic N) is 12. The maximum absolute atomic E-state index is 12.2. The Hall–Kier alpha value is -8.77. The normalized spacial score (nSPS) is 13.2. The van der Waals surface area contributed by atoms with Crippen LogP contribution in [0.2, 0.25) is 0 Å². The number of hydrogen-bond acceptors (Lipinski definition) is 37. The van der Waals surface area contributed by atoms with E-state index in [9.17, 15) is 43.6 Å². The minimum atomic E-state index is -3.75. The zero-order valence-corrected chi connectivity index (χ0v) is 95.9. The molecular formula is C91H128BBr5N26NaO17S4. The van der Waals surface area contributed by atoms with Gasteiger partial charge in [-0.25, -0.2) is 74.2 Å². The fourth-order valence-corrected chi connectivity index (χ4v) is 15.2. The third kappa shape index (κ3) is 49.0. The number of aliphatic hydroxyl groups is 1. The van der Waals surface area contributed by atoms with E-state index in [1.165, 1.54) is 61.4 Å². The van der Waals surface area contributed by atoms with E-state index in [1.54, 1.807) is 105 Å². The molecule has 3 radical (unpaired) electrons. The second-order valence-corrected chi connectivity index (χ2v) is 41.4. The summed E-state index contributed by atoms with van der Waals surface area (Å²) in [5, 5.41) is 74.3. The summed E-state index contributed by atoms with van der Waals surface area (Å²) in [5.74, 6) is 3.37. The number of ether oxygens (including phenoxy) is 6. The van der Waals surface area contributed by atoms with Crippen LogP contribution < -0.4 is 104 Å². The molecule has 1 aliphatic carbocycles. The minimum absolute atomic E-state index is 0. The molecule has 0 bridgehead atoms. The number of rotatable bonds is 47. The zero-order chi connectivity index (χ0) is 106. The molecule has 21 N–H and O–H groups in total. The Morgan fingerprint density at radius 1 is 0.483 bits per heavy atom. The van der Waals surface area contributed by atoms with E-state index in [4.69, 9.17) is 65.4 Å². The molecule has 4 heterocycles. The number of benzene rings is 6. The van der Waals surface area contributed by atoms with Crippen molar-refractivity contribution in [2.75, 3.05) is 95.3 Å². The molecule has 7 unspecified atom stereocenters. The SMILES string of the molecule is CC(=NO)C(C)Nc1nc(Nc2ccc(S(N)(=O)=O)cc2)ncc1Br.CC(Nc1nc(Nc2ccc(S(N)(=O)=O)cc2)ncc1Br)C(C)NC1CC1.CCOC(OCC)C(Br)CC.CCOC(OCC)C(CC)N=[N+]=[N-].CCOC(OCC)C(N)CC.NS(=O)(=O)c1ccc(Nc2ncc(Br)c(NCC(=O)c3ccccc3)n2)cc1.NS(=O)(=O)c1ccc(Nc2ncc(Br)c(NCC(O)c3ccccc3)n2)cc1.[B].[H-].[Na+].